The van der Waals surface area contributed by atoms with Crippen LogP contribution < -0.4 is 10.6 Å². The Balaban J connectivity index is 2.50. The lowest BCUT2D eigenvalue weighted by Gasteiger charge is -2.23. The first-order valence-corrected chi connectivity index (χ1v) is 6.30. The van der Waals surface area contributed by atoms with Gasteiger partial charge in [0.05, 0.1) is 21.4 Å². The highest BCUT2D eigenvalue weighted by molar-refractivity contribution is 6.42. The molecule has 0 atom stereocenters. The zero-order valence-electron chi connectivity index (χ0n) is 10.2. The maximum atomic E-state index is 6.04. The summed E-state index contributed by atoms with van der Waals surface area (Å²) in [6.07, 6.45) is 0. The van der Waals surface area contributed by atoms with Gasteiger partial charge in [-0.15, -0.1) is 0 Å². The van der Waals surface area contributed by atoms with Crippen LogP contribution in [0.1, 0.15) is 5.56 Å². The van der Waals surface area contributed by atoms with Gasteiger partial charge in [0.15, 0.2) is 0 Å². The van der Waals surface area contributed by atoms with Crippen molar-refractivity contribution in [3.05, 3.63) is 52.0 Å². The van der Waals surface area contributed by atoms with E-state index < -0.39 is 0 Å². The van der Waals surface area contributed by atoms with Gasteiger partial charge in [0.25, 0.3) is 0 Å². The predicted molar refractivity (Wildman–Crippen MR) is 80.1 cm³/mol. The van der Waals surface area contributed by atoms with E-state index >= 15 is 0 Å². The fourth-order valence-electron chi connectivity index (χ4n) is 1.91. The lowest BCUT2D eigenvalue weighted by Crippen LogP contribution is -2.12. The molecule has 4 heteroatoms. The Morgan fingerprint density at radius 1 is 1.00 bits per heavy atom. The number of hydrogen-bond acceptors (Lipinski definition) is 2. The molecule has 0 heterocycles. The first kappa shape index (κ1) is 13.1. The fourth-order valence-corrected chi connectivity index (χ4v) is 2.24. The van der Waals surface area contributed by atoms with Crippen LogP contribution in [0.3, 0.4) is 0 Å². The quantitative estimate of drug-likeness (QED) is 0.812. The van der Waals surface area contributed by atoms with Crippen molar-refractivity contribution < 1.29 is 0 Å². The number of halogens is 2. The maximum absolute atomic E-state index is 6.04. The molecule has 0 fully saturated rings. The standard InChI is InChI=1S/C14H14Cl2N2/c1-9-5-3-4-6-13(9)18(2)14-8-11(16)10(15)7-12(14)17/h3-8H,17H2,1-2H3. The van der Waals surface area contributed by atoms with Crippen molar-refractivity contribution in [3.8, 4) is 0 Å². The molecular weight excluding hydrogens is 267 g/mol. The average Bonchev–Trinajstić information content (AvgIpc) is 2.33. The van der Waals surface area contributed by atoms with Crippen LogP contribution in [0.25, 0.3) is 0 Å². The van der Waals surface area contributed by atoms with E-state index in [1.165, 1.54) is 5.56 Å². The normalized spacial score (nSPS) is 10.4. The molecule has 2 rings (SSSR count). The van der Waals surface area contributed by atoms with Crippen molar-refractivity contribution in [2.45, 2.75) is 6.92 Å². The molecule has 2 nitrogen and oxygen atoms in total. The molecular formula is C14H14Cl2N2. The monoisotopic (exact) mass is 280 g/mol. The summed E-state index contributed by atoms with van der Waals surface area (Å²) in [5.41, 5.74) is 9.70. The molecule has 0 radical (unpaired) electrons. The Hall–Kier alpha value is -1.38. The van der Waals surface area contributed by atoms with E-state index in [1.54, 1.807) is 12.1 Å². The van der Waals surface area contributed by atoms with Gasteiger partial charge < -0.3 is 10.6 Å². The minimum atomic E-state index is 0.469. The molecule has 18 heavy (non-hydrogen) atoms. The van der Waals surface area contributed by atoms with Crippen LogP contribution in [0.4, 0.5) is 17.1 Å². The molecule has 0 bridgehead atoms. The number of rotatable bonds is 2. The first-order valence-electron chi connectivity index (χ1n) is 5.54. The van der Waals surface area contributed by atoms with Crippen molar-refractivity contribution in [2.75, 3.05) is 17.7 Å². The van der Waals surface area contributed by atoms with Gasteiger partial charge in [-0.3, -0.25) is 0 Å². The van der Waals surface area contributed by atoms with E-state index in [-0.39, 0.29) is 0 Å². The molecule has 0 aliphatic rings. The molecule has 0 aromatic heterocycles. The third kappa shape index (κ3) is 2.40. The Labute approximate surface area is 117 Å². The molecule has 2 N–H and O–H groups in total. The lowest BCUT2D eigenvalue weighted by atomic mass is 10.1. The van der Waals surface area contributed by atoms with E-state index in [0.717, 1.165) is 11.4 Å². The first-order chi connectivity index (χ1) is 8.50. The molecule has 0 saturated heterocycles. The van der Waals surface area contributed by atoms with Gasteiger partial charge in [-0.25, -0.2) is 0 Å². The van der Waals surface area contributed by atoms with Crippen LogP contribution in [0.15, 0.2) is 36.4 Å². The Morgan fingerprint density at radius 3 is 2.28 bits per heavy atom. The number of para-hydroxylation sites is 1. The molecule has 0 unspecified atom stereocenters. The Morgan fingerprint density at radius 2 is 1.61 bits per heavy atom. The number of aryl methyl sites for hydroxylation is 1. The lowest BCUT2D eigenvalue weighted by molar-refractivity contribution is 1.19. The second kappa shape index (κ2) is 5.09. The predicted octanol–water partition coefficient (Wildman–Crippen LogP) is 4.65. The highest BCUT2D eigenvalue weighted by Gasteiger charge is 2.12. The fraction of sp³-hybridized carbons (Fsp3) is 0.143. The summed E-state index contributed by atoms with van der Waals surface area (Å²) in [6, 6.07) is 11.5. The van der Waals surface area contributed by atoms with Gasteiger partial charge in [-0.1, -0.05) is 41.4 Å². The van der Waals surface area contributed by atoms with Crippen molar-refractivity contribution >= 4 is 40.3 Å². The van der Waals surface area contributed by atoms with Crippen LogP contribution in [-0.2, 0) is 0 Å². The summed E-state index contributed by atoms with van der Waals surface area (Å²) in [6.45, 7) is 2.06. The molecule has 0 saturated carbocycles. The summed E-state index contributed by atoms with van der Waals surface area (Å²) in [7, 11) is 1.96. The minimum absolute atomic E-state index is 0.469. The highest BCUT2D eigenvalue weighted by Crippen LogP contribution is 2.36. The number of hydrogen-bond donors (Lipinski definition) is 1. The second-order valence-corrected chi connectivity index (χ2v) is 4.99. The maximum Gasteiger partial charge on any atom is 0.0657 e. The van der Waals surface area contributed by atoms with Crippen molar-refractivity contribution in [1.82, 2.24) is 0 Å². The molecule has 0 aliphatic carbocycles. The number of benzene rings is 2. The van der Waals surface area contributed by atoms with Crippen LogP contribution >= 0.6 is 23.2 Å². The Bertz CT molecular complexity index is 582. The topological polar surface area (TPSA) is 29.3 Å². The zero-order chi connectivity index (χ0) is 13.3. The average molecular weight is 281 g/mol. The summed E-state index contributed by atoms with van der Waals surface area (Å²) in [5, 5.41) is 0.970. The van der Waals surface area contributed by atoms with E-state index in [0.29, 0.717) is 15.7 Å². The molecule has 0 amide bonds. The van der Waals surface area contributed by atoms with E-state index in [4.69, 9.17) is 28.9 Å². The van der Waals surface area contributed by atoms with Crippen molar-refractivity contribution in [1.29, 1.82) is 0 Å². The van der Waals surface area contributed by atoms with Crippen molar-refractivity contribution in [3.63, 3.8) is 0 Å². The molecule has 2 aromatic rings. The van der Waals surface area contributed by atoms with E-state index in [9.17, 15) is 0 Å². The van der Waals surface area contributed by atoms with Gasteiger partial charge in [0.1, 0.15) is 0 Å². The highest BCUT2D eigenvalue weighted by atomic mass is 35.5. The van der Waals surface area contributed by atoms with E-state index in [2.05, 4.69) is 13.0 Å². The third-order valence-corrected chi connectivity index (χ3v) is 3.63. The van der Waals surface area contributed by atoms with Gasteiger partial charge in [-0.2, -0.15) is 0 Å². The molecule has 0 aliphatic heterocycles. The van der Waals surface area contributed by atoms with Gasteiger partial charge >= 0.3 is 0 Å². The number of nitrogens with two attached hydrogens (primary N) is 1. The summed E-state index contributed by atoms with van der Waals surface area (Å²) < 4.78 is 0. The van der Waals surface area contributed by atoms with Crippen molar-refractivity contribution in [2.24, 2.45) is 0 Å². The van der Waals surface area contributed by atoms with Crippen LogP contribution in [0.2, 0.25) is 10.0 Å². The largest absolute Gasteiger partial charge is 0.397 e. The smallest absolute Gasteiger partial charge is 0.0657 e. The number of nitrogens with zero attached hydrogens (tertiary/aromatic N) is 1. The summed E-state index contributed by atoms with van der Waals surface area (Å²) >= 11 is 12.0. The SMILES string of the molecule is Cc1ccccc1N(C)c1cc(Cl)c(Cl)cc1N. The van der Waals surface area contributed by atoms with E-state index in [1.807, 2.05) is 30.1 Å². The van der Waals surface area contributed by atoms with Gasteiger partial charge in [0.2, 0.25) is 0 Å². The van der Waals surface area contributed by atoms with Crippen LogP contribution in [0.5, 0.6) is 0 Å². The molecule has 0 spiro atoms. The third-order valence-electron chi connectivity index (χ3n) is 2.91. The number of anilines is 3. The minimum Gasteiger partial charge on any atom is -0.397 e. The zero-order valence-corrected chi connectivity index (χ0v) is 11.8. The summed E-state index contributed by atoms with van der Waals surface area (Å²) in [5.74, 6) is 0. The van der Waals surface area contributed by atoms with Gasteiger partial charge in [0, 0.05) is 12.7 Å². The molecule has 94 valence electrons. The number of nitrogen functional groups attached to an aromatic ring is 1. The van der Waals surface area contributed by atoms with Crippen LogP contribution in [-0.4, -0.2) is 7.05 Å². The Kier molecular flexibility index (Phi) is 3.69. The molecule has 2 aromatic carbocycles. The summed E-state index contributed by atoms with van der Waals surface area (Å²) in [4.78, 5) is 2.01. The van der Waals surface area contributed by atoms with Gasteiger partial charge in [-0.05, 0) is 30.7 Å². The second-order valence-electron chi connectivity index (χ2n) is 4.17. The van der Waals surface area contributed by atoms with Crippen LogP contribution in [0, 0.1) is 6.92 Å².